The molecule has 0 spiro atoms. The van der Waals surface area contributed by atoms with Gasteiger partial charge in [0.25, 0.3) is 5.91 Å². The van der Waals surface area contributed by atoms with E-state index in [0.29, 0.717) is 11.3 Å². The van der Waals surface area contributed by atoms with Gasteiger partial charge in [-0.15, -0.1) is 0 Å². The van der Waals surface area contributed by atoms with Crippen LogP contribution in [0.5, 0.6) is 5.75 Å². The molecule has 0 saturated heterocycles. The molecular formula is C12H16N2O2. The zero-order valence-corrected chi connectivity index (χ0v) is 9.56. The Labute approximate surface area is 95.3 Å². The molecule has 0 heterocycles. The van der Waals surface area contributed by atoms with Gasteiger partial charge in [0.1, 0.15) is 5.75 Å². The highest BCUT2D eigenvalue weighted by atomic mass is 16.5. The van der Waals surface area contributed by atoms with Crippen molar-refractivity contribution in [2.75, 3.05) is 7.11 Å². The van der Waals surface area contributed by atoms with Gasteiger partial charge in [0, 0.05) is 6.21 Å². The first-order valence-corrected chi connectivity index (χ1v) is 5.24. The minimum atomic E-state index is -0.259. The summed E-state index contributed by atoms with van der Waals surface area (Å²) < 4.78 is 5.08. The fourth-order valence-corrected chi connectivity index (χ4v) is 1.19. The van der Waals surface area contributed by atoms with Crippen LogP contribution in [0.1, 0.15) is 30.1 Å². The lowest BCUT2D eigenvalue weighted by atomic mass is 10.2. The van der Waals surface area contributed by atoms with Crippen LogP contribution in [0.15, 0.2) is 29.4 Å². The first-order valence-electron chi connectivity index (χ1n) is 5.24. The molecule has 0 atom stereocenters. The Hall–Kier alpha value is -1.84. The van der Waals surface area contributed by atoms with Crippen molar-refractivity contribution in [1.82, 2.24) is 5.43 Å². The van der Waals surface area contributed by atoms with E-state index in [1.165, 1.54) is 7.11 Å². The third-order valence-electron chi connectivity index (χ3n) is 2.03. The summed E-state index contributed by atoms with van der Waals surface area (Å²) in [7, 11) is 1.53. The number of methoxy groups -OCH3 is 1. The molecule has 86 valence electrons. The van der Waals surface area contributed by atoms with Crippen molar-refractivity contribution in [3.63, 3.8) is 0 Å². The van der Waals surface area contributed by atoms with Gasteiger partial charge in [0.15, 0.2) is 0 Å². The highest BCUT2D eigenvalue weighted by Gasteiger charge is 2.09. The number of nitrogens with zero attached hydrogens (tertiary/aromatic N) is 1. The van der Waals surface area contributed by atoms with E-state index in [-0.39, 0.29) is 5.91 Å². The number of benzene rings is 1. The van der Waals surface area contributed by atoms with E-state index < -0.39 is 0 Å². The molecule has 1 N–H and O–H groups in total. The van der Waals surface area contributed by atoms with Gasteiger partial charge in [0.2, 0.25) is 0 Å². The van der Waals surface area contributed by atoms with E-state index in [4.69, 9.17) is 4.74 Å². The SMILES string of the molecule is CCC/C=N/NC(=O)c1ccccc1OC. The van der Waals surface area contributed by atoms with E-state index in [2.05, 4.69) is 10.5 Å². The molecule has 0 bridgehead atoms. The molecule has 16 heavy (non-hydrogen) atoms. The summed E-state index contributed by atoms with van der Waals surface area (Å²) in [6, 6.07) is 7.04. The van der Waals surface area contributed by atoms with E-state index in [0.717, 1.165) is 12.8 Å². The van der Waals surface area contributed by atoms with E-state index >= 15 is 0 Å². The van der Waals surface area contributed by atoms with Gasteiger partial charge in [0.05, 0.1) is 12.7 Å². The highest BCUT2D eigenvalue weighted by molar-refractivity contribution is 5.96. The topological polar surface area (TPSA) is 50.7 Å². The molecule has 0 saturated carbocycles. The average molecular weight is 220 g/mol. The average Bonchev–Trinajstić information content (AvgIpc) is 2.34. The standard InChI is InChI=1S/C12H16N2O2/c1-3-4-9-13-14-12(15)10-7-5-6-8-11(10)16-2/h5-9H,3-4H2,1-2H3,(H,14,15)/b13-9+. The summed E-state index contributed by atoms with van der Waals surface area (Å²) in [5.41, 5.74) is 2.94. The van der Waals surface area contributed by atoms with Gasteiger partial charge in [-0.05, 0) is 18.6 Å². The number of unbranched alkanes of at least 4 members (excludes halogenated alkanes) is 1. The van der Waals surface area contributed by atoms with Crippen LogP contribution in [0.25, 0.3) is 0 Å². The molecule has 0 unspecified atom stereocenters. The van der Waals surface area contributed by atoms with E-state index in [9.17, 15) is 4.79 Å². The third-order valence-corrected chi connectivity index (χ3v) is 2.03. The van der Waals surface area contributed by atoms with E-state index in [1.807, 2.05) is 13.0 Å². The predicted molar refractivity (Wildman–Crippen MR) is 63.9 cm³/mol. The van der Waals surface area contributed by atoms with Crippen molar-refractivity contribution in [2.24, 2.45) is 5.10 Å². The van der Waals surface area contributed by atoms with Crippen molar-refractivity contribution in [1.29, 1.82) is 0 Å². The molecule has 1 aromatic rings. The summed E-state index contributed by atoms with van der Waals surface area (Å²) >= 11 is 0. The lowest BCUT2D eigenvalue weighted by Crippen LogP contribution is -2.18. The molecule has 0 radical (unpaired) electrons. The Kier molecular flexibility index (Phi) is 5.05. The molecule has 1 amide bonds. The minimum Gasteiger partial charge on any atom is -0.496 e. The van der Waals surface area contributed by atoms with Crippen molar-refractivity contribution < 1.29 is 9.53 Å². The van der Waals surface area contributed by atoms with Crippen molar-refractivity contribution in [2.45, 2.75) is 19.8 Å². The largest absolute Gasteiger partial charge is 0.496 e. The molecule has 4 heteroatoms. The minimum absolute atomic E-state index is 0.259. The maximum absolute atomic E-state index is 11.7. The van der Waals surface area contributed by atoms with Crippen molar-refractivity contribution in [3.05, 3.63) is 29.8 Å². The van der Waals surface area contributed by atoms with Crippen LogP contribution in [0.4, 0.5) is 0 Å². The number of hydrazone groups is 1. The molecule has 0 aliphatic carbocycles. The van der Waals surface area contributed by atoms with Crippen LogP contribution in [-0.2, 0) is 0 Å². The summed E-state index contributed by atoms with van der Waals surface area (Å²) in [5, 5.41) is 3.83. The second-order valence-electron chi connectivity index (χ2n) is 3.24. The van der Waals surface area contributed by atoms with E-state index in [1.54, 1.807) is 24.4 Å². The van der Waals surface area contributed by atoms with Crippen LogP contribution in [0, 0.1) is 0 Å². The van der Waals surface area contributed by atoms with Gasteiger partial charge in [-0.25, -0.2) is 5.43 Å². The third kappa shape index (κ3) is 3.38. The van der Waals surface area contributed by atoms with Gasteiger partial charge in [-0.1, -0.05) is 25.5 Å². The predicted octanol–water partition coefficient (Wildman–Crippen LogP) is 2.21. The Balaban J connectivity index is 2.65. The quantitative estimate of drug-likeness (QED) is 0.611. The summed E-state index contributed by atoms with van der Waals surface area (Å²) in [5.74, 6) is 0.287. The molecule has 0 fully saturated rings. The Bertz CT molecular complexity index is 375. The molecule has 1 rings (SSSR count). The summed E-state index contributed by atoms with van der Waals surface area (Å²) in [6.07, 6.45) is 3.55. The molecule has 0 aliphatic rings. The first-order chi connectivity index (χ1) is 7.79. The molecule has 1 aromatic carbocycles. The van der Waals surface area contributed by atoms with Crippen LogP contribution >= 0.6 is 0 Å². The lowest BCUT2D eigenvalue weighted by Gasteiger charge is -2.05. The number of ether oxygens (including phenoxy) is 1. The summed E-state index contributed by atoms with van der Waals surface area (Å²) in [4.78, 5) is 11.7. The second kappa shape index (κ2) is 6.61. The van der Waals surface area contributed by atoms with Crippen molar-refractivity contribution >= 4 is 12.1 Å². The fourth-order valence-electron chi connectivity index (χ4n) is 1.19. The molecular weight excluding hydrogens is 204 g/mol. The number of hydrogen-bond donors (Lipinski definition) is 1. The van der Waals surface area contributed by atoms with Gasteiger partial charge >= 0.3 is 0 Å². The number of nitrogens with one attached hydrogen (secondary N) is 1. The number of hydrogen-bond acceptors (Lipinski definition) is 3. The Morgan fingerprint density at radius 3 is 2.94 bits per heavy atom. The number of carbonyl (C=O) groups is 1. The maximum Gasteiger partial charge on any atom is 0.275 e. The summed E-state index contributed by atoms with van der Waals surface area (Å²) in [6.45, 7) is 2.05. The Morgan fingerprint density at radius 2 is 2.25 bits per heavy atom. The number of amides is 1. The second-order valence-corrected chi connectivity index (χ2v) is 3.24. The number of rotatable bonds is 5. The zero-order valence-electron chi connectivity index (χ0n) is 9.56. The number of para-hydroxylation sites is 1. The van der Waals surface area contributed by atoms with Gasteiger partial charge in [-0.3, -0.25) is 4.79 Å². The maximum atomic E-state index is 11.7. The lowest BCUT2D eigenvalue weighted by molar-refractivity contribution is 0.0952. The number of carbonyl (C=O) groups excluding carboxylic acids is 1. The first kappa shape index (κ1) is 12.2. The van der Waals surface area contributed by atoms with Crippen LogP contribution < -0.4 is 10.2 Å². The highest BCUT2D eigenvalue weighted by Crippen LogP contribution is 2.16. The molecule has 0 aromatic heterocycles. The smallest absolute Gasteiger partial charge is 0.275 e. The van der Waals surface area contributed by atoms with Gasteiger partial charge < -0.3 is 4.74 Å². The fraction of sp³-hybridized carbons (Fsp3) is 0.333. The zero-order chi connectivity index (χ0) is 11.8. The monoisotopic (exact) mass is 220 g/mol. The van der Waals surface area contributed by atoms with Crippen LogP contribution in [-0.4, -0.2) is 19.2 Å². The Morgan fingerprint density at radius 1 is 1.50 bits per heavy atom. The van der Waals surface area contributed by atoms with Crippen LogP contribution in [0.2, 0.25) is 0 Å². The van der Waals surface area contributed by atoms with Crippen LogP contribution in [0.3, 0.4) is 0 Å². The van der Waals surface area contributed by atoms with Crippen molar-refractivity contribution in [3.8, 4) is 5.75 Å². The molecule has 4 nitrogen and oxygen atoms in total. The normalized spacial score (nSPS) is 10.4. The van der Waals surface area contributed by atoms with Gasteiger partial charge in [-0.2, -0.15) is 5.10 Å². The molecule has 0 aliphatic heterocycles.